The molecule has 0 saturated heterocycles. The first-order valence-corrected chi connectivity index (χ1v) is 8.91. The van der Waals surface area contributed by atoms with Gasteiger partial charge in [-0.1, -0.05) is 12.1 Å². The standard InChI is InChI=1S/C20H15N3OS/c1-13-22-18(12-25-13)15-5-6-19-16(10-15)7-8-23(19)20(24)17-4-2-3-14(9-17)11-21/h2-6,9-10,12H,7-8H2,1H3. The molecule has 0 radical (unpaired) electrons. The van der Waals surface area contributed by atoms with Gasteiger partial charge in [-0.05, 0) is 49.2 Å². The highest BCUT2D eigenvalue weighted by atomic mass is 32.1. The van der Waals surface area contributed by atoms with E-state index in [-0.39, 0.29) is 5.91 Å². The van der Waals surface area contributed by atoms with Crippen LogP contribution in [0.25, 0.3) is 11.3 Å². The van der Waals surface area contributed by atoms with Crippen LogP contribution in [0.1, 0.15) is 26.5 Å². The van der Waals surface area contributed by atoms with Crippen molar-refractivity contribution in [3.8, 4) is 17.3 Å². The highest BCUT2D eigenvalue weighted by Gasteiger charge is 2.26. The third-order valence-electron chi connectivity index (χ3n) is 4.37. The SMILES string of the molecule is Cc1nc(-c2ccc3c(c2)CCN3C(=O)c2cccc(C#N)c2)cs1. The van der Waals surface area contributed by atoms with E-state index in [0.29, 0.717) is 17.7 Å². The maximum atomic E-state index is 12.8. The van der Waals surface area contributed by atoms with Crippen LogP contribution in [0.5, 0.6) is 0 Å². The summed E-state index contributed by atoms with van der Waals surface area (Å²) < 4.78 is 0. The van der Waals surface area contributed by atoms with Crippen LogP contribution < -0.4 is 4.90 Å². The minimum atomic E-state index is -0.0619. The zero-order valence-electron chi connectivity index (χ0n) is 13.7. The van der Waals surface area contributed by atoms with Crippen LogP contribution in [0.2, 0.25) is 0 Å². The van der Waals surface area contributed by atoms with Crippen LogP contribution >= 0.6 is 11.3 Å². The number of rotatable bonds is 2. The minimum Gasteiger partial charge on any atom is -0.308 e. The van der Waals surface area contributed by atoms with Crippen molar-refractivity contribution in [2.75, 3.05) is 11.4 Å². The summed E-state index contributed by atoms with van der Waals surface area (Å²) in [6.45, 7) is 2.65. The van der Waals surface area contributed by atoms with Crippen molar-refractivity contribution in [2.24, 2.45) is 0 Å². The van der Waals surface area contributed by atoms with Gasteiger partial charge in [0, 0.05) is 28.7 Å². The summed E-state index contributed by atoms with van der Waals surface area (Å²) >= 11 is 1.64. The number of nitrogens with zero attached hydrogens (tertiary/aromatic N) is 3. The van der Waals surface area contributed by atoms with Crippen LogP contribution in [0.4, 0.5) is 5.69 Å². The summed E-state index contributed by atoms with van der Waals surface area (Å²) in [5, 5.41) is 12.1. The lowest BCUT2D eigenvalue weighted by atomic mass is 10.1. The fraction of sp³-hybridized carbons (Fsp3) is 0.150. The molecule has 0 saturated carbocycles. The maximum Gasteiger partial charge on any atom is 0.258 e. The molecule has 5 heteroatoms. The molecular weight excluding hydrogens is 330 g/mol. The highest BCUT2D eigenvalue weighted by Crippen LogP contribution is 2.33. The maximum absolute atomic E-state index is 12.8. The quantitative estimate of drug-likeness (QED) is 0.700. The van der Waals surface area contributed by atoms with E-state index in [0.717, 1.165) is 33.9 Å². The van der Waals surface area contributed by atoms with Gasteiger partial charge in [-0.15, -0.1) is 11.3 Å². The zero-order chi connectivity index (χ0) is 17.4. The second-order valence-corrected chi connectivity index (χ2v) is 7.06. The molecule has 1 aromatic heterocycles. The number of amides is 1. The first-order valence-electron chi connectivity index (χ1n) is 8.03. The number of nitriles is 1. The largest absolute Gasteiger partial charge is 0.308 e. The van der Waals surface area contributed by atoms with E-state index in [9.17, 15) is 4.79 Å². The van der Waals surface area contributed by atoms with Crippen molar-refractivity contribution in [1.29, 1.82) is 5.26 Å². The third-order valence-corrected chi connectivity index (χ3v) is 5.15. The number of carbonyl (C=O) groups is 1. The fourth-order valence-electron chi connectivity index (χ4n) is 3.15. The monoisotopic (exact) mass is 345 g/mol. The van der Waals surface area contributed by atoms with E-state index in [2.05, 4.69) is 22.5 Å². The van der Waals surface area contributed by atoms with Crippen molar-refractivity contribution < 1.29 is 4.79 Å². The van der Waals surface area contributed by atoms with E-state index in [1.165, 1.54) is 0 Å². The molecular formula is C20H15N3OS. The lowest BCUT2D eigenvalue weighted by Crippen LogP contribution is -2.28. The van der Waals surface area contributed by atoms with Gasteiger partial charge in [0.15, 0.2) is 0 Å². The number of anilines is 1. The van der Waals surface area contributed by atoms with Crippen molar-refractivity contribution in [3.05, 3.63) is 69.5 Å². The average molecular weight is 345 g/mol. The van der Waals surface area contributed by atoms with E-state index >= 15 is 0 Å². The summed E-state index contributed by atoms with van der Waals surface area (Å²) in [7, 11) is 0. The fourth-order valence-corrected chi connectivity index (χ4v) is 3.77. The van der Waals surface area contributed by atoms with Gasteiger partial charge >= 0.3 is 0 Å². The van der Waals surface area contributed by atoms with Crippen molar-refractivity contribution in [3.63, 3.8) is 0 Å². The molecule has 3 aromatic rings. The Morgan fingerprint density at radius 2 is 2.16 bits per heavy atom. The lowest BCUT2D eigenvalue weighted by molar-refractivity contribution is 0.0989. The number of hydrogen-bond donors (Lipinski definition) is 0. The molecule has 4 rings (SSSR count). The van der Waals surface area contributed by atoms with Crippen LogP contribution in [0.3, 0.4) is 0 Å². The molecule has 0 unspecified atom stereocenters. The predicted octanol–water partition coefficient (Wildman–Crippen LogP) is 4.19. The normalized spacial score (nSPS) is 12.7. The van der Waals surface area contributed by atoms with Gasteiger partial charge in [-0.25, -0.2) is 4.98 Å². The number of carbonyl (C=O) groups excluding carboxylic acids is 1. The Balaban J connectivity index is 1.65. The van der Waals surface area contributed by atoms with Gasteiger partial charge in [-0.2, -0.15) is 5.26 Å². The van der Waals surface area contributed by atoms with Gasteiger partial charge in [0.2, 0.25) is 0 Å². The molecule has 122 valence electrons. The van der Waals surface area contributed by atoms with Gasteiger partial charge in [0.25, 0.3) is 5.91 Å². The molecule has 0 spiro atoms. The summed E-state index contributed by atoms with van der Waals surface area (Å²) in [6, 6.07) is 15.1. The molecule has 4 nitrogen and oxygen atoms in total. The van der Waals surface area contributed by atoms with Crippen LogP contribution in [-0.2, 0) is 6.42 Å². The van der Waals surface area contributed by atoms with Crippen LogP contribution in [0, 0.1) is 18.3 Å². The summed E-state index contributed by atoms with van der Waals surface area (Å²) in [5.74, 6) is -0.0619. The molecule has 2 aromatic carbocycles. The Morgan fingerprint density at radius 1 is 1.28 bits per heavy atom. The van der Waals surface area contributed by atoms with E-state index in [1.807, 2.05) is 19.1 Å². The van der Waals surface area contributed by atoms with E-state index in [1.54, 1.807) is 40.5 Å². The first kappa shape index (κ1) is 15.6. The molecule has 1 aliphatic rings. The molecule has 25 heavy (non-hydrogen) atoms. The second-order valence-electron chi connectivity index (χ2n) is 5.99. The molecule has 0 N–H and O–H groups in total. The number of thiazole rings is 1. The predicted molar refractivity (Wildman–Crippen MR) is 98.8 cm³/mol. The molecule has 2 heterocycles. The van der Waals surface area contributed by atoms with Gasteiger partial charge in [0.05, 0.1) is 22.3 Å². The van der Waals surface area contributed by atoms with Crippen molar-refractivity contribution in [2.45, 2.75) is 13.3 Å². The zero-order valence-corrected chi connectivity index (χ0v) is 14.5. The number of aryl methyl sites for hydroxylation is 1. The topological polar surface area (TPSA) is 57.0 Å². The van der Waals surface area contributed by atoms with Gasteiger partial charge in [-0.3, -0.25) is 4.79 Å². The smallest absolute Gasteiger partial charge is 0.258 e. The third kappa shape index (κ3) is 2.81. The van der Waals surface area contributed by atoms with E-state index < -0.39 is 0 Å². The van der Waals surface area contributed by atoms with Crippen molar-refractivity contribution >= 4 is 22.9 Å². The Morgan fingerprint density at radius 3 is 2.92 bits per heavy atom. The lowest BCUT2D eigenvalue weighted by Gasteiger charge is -2.17. The van der Waals surface area contributed by atoms with Crippen molar-refractivity contribution in [1.82, 2.24) is 4.98 Å². The van der Waals surface area contributed by atoms with Gasteiger partial charge in [0.1, 0.15) is 0 Å². The Hall–Kier alpha value is -2.97. The Bertz CT molecular complexity index is 1020. The number of fused-ring (bicyclic) bond motifs is 1. The summed E-state index contributed by atoms with van der Waals surface area (Å²) in [6.07, 6.45) is 0.829. The molecule has 0 bridgehead atoms. The molecule has 0 aliphatic carbocycles. The highest BCUT2D eigenvalue weighted by molar-refractivity contribution is 7.09. The summed E-state index contributed by atoms with van der Waals surface area (Å²) in [5.41, 5.74) is 5.22. The average Bonchev–Trinajstić information content (AvgIpc) is 3.26. The first-order chi connectivity index (χ1) is 12.2. The minimum absolute atomic E-state index is 0.0619. The Labute approximate surface area is 150 Å². The number of benzene rings is 2. The molecule has 0 fully saturated rings. The van der Waals surface area contributed by atoms with Crippen LogP contribution in [0.15, 0.2) is 47.8 Å². The second kappa shape index (κ2) is 6.15. The van der Waals surface area contributed by atoms with Gasteiger partial charge < -0.3 is 4.90 Å². The Kier molecular flexibility index (Phi) is 3.83. The number of aromatic nitrogens is 1. The van der Waals surface area contributed by atoms with E-state index in [4.69, 9.17) is 5.26 Å². The number of hydrogen-bond acceptors (Lipinski definition) is 4. The molecule has 1 aliphatic heterocycles. The summed E-state index contributed by atoms with van der Waals surface area (Å²) in [4.78, 5) is 19.2. The van der Waals surface area contributed by atoms with Crippen LogP contribution in [-0.4, -0.2) is 17.4 Å². The molecule has 1 amide bonds. The molecule has 0 atom stereocenters.